The lowest BCUT2D eigenvalue weighted by Gasteiger charge is -2.06. The van der Waals surface area contributed by atoms with E-state index in [2.05, 4.69) is 4.98 Å². The van der Waals surface area contributed by atoms with Crippen LogP contribution in [0.5, 0.6) is 5.75 Å². The minimum atomic E-state index is -0.518. The van der Waals surface area contributed by atoms with Gasteiger partial charge in [-0.1, -0.05) is 11.6 Å². The fraction of sp³-hybridized carbons (Fsp3) is 0.167. The zero-order chi connectivity index (χ0) is 12.4. The Morgan fingerprint density at radius 2 is 2.29 bits per heavy atom. The number of phenols is 1. The Kier molecular flexibility index (Phi) is 3.15. The molecular formula is C12H10ClNO3. The summed E-state index contributed by atoms with van der Waals surface area (Å²) < 4.78 is 4.86. The van der Waals surface area contributed by atoms with Crippen LogP contribution in [-0.4, -0.2) is 22.7 Å². The Bertz CT molecular complexity index is 583. The van der Waals surface area contributed by atoms with Crippen LogP contribution in [0, 0.1) is 0 Å². The average Bonchev–Trinajstić information content (AvgIpc) is 2.30. The van der Waals surface area contributed by atoms with E-state index in [9.17, 15) is 9.90 Å². The number of hydrogen-bond donors (Lipinski definition) is 1. The molecule has 0 aliphatic heterocycles. The predicted molar refractivity (Wildman–Crippen MR) is 64.4 cm³/mol. The van der Waals surface area contributed by atoms with E-state index in [1.807, 2.05) is 0 Å². The first-order valence-corrected chi connectivity index (χ1v) is 5.45. The number of aromatic hydroxyl groups is 1. The lowest BCUT2D eigenvalue weighted by atomic mass is 10.1. The van der Waals surface area contributed by atoms with E-state index in [0.29, 0.717) is 10.9 Å². The van der Waals surface area contributed by atoms with Gasteiger partial charge in [0.05, 0.1) is 22.7 Å². The molecule has 0 aliphatic carbocycles. The molecule has 0 atom stereocenters. The summed E-state index contributed by atoms with van der Waals surface area (Å²) in [5.41, 5.74) is 0.812. The van der Waals surface area contributed by atoms with Crippen molar-refractivity contribution in [3.05, 3.63) is 35.0 Å². The van der Waals surface area contributed by atoms with Crippen LogP contribution < -0.4 is 0 Å². The van der Waals surface area contributed by atoms with Gasteiger partial charge in [0.1, 0.15) is 5.75 Å². The van der Waals surface area contributed by atoms with Crippen molar-refractivity contribution in [2.75, 3.05) is 6.61 Å². The lowest BCUT2D eigenvalue weighted by Crippen LogP contribution is -2.06. The highest BCUT2D eigenvalue weighted by molar-refractivity contribution is 6.38. The van der Waals surface area contributed by atoms with Crippen LogP contribution in [0.1, 0.15) is 17.3 Å². The second kappa shape index (κ2) is 4.59. The average molecular weight is 252 g/mol. The molecule has 4 nitrogen and oxygen atoms in total. The molecule has 1 N–H and O–H groups in total. The molecule has 0 fully saturated rings. The van der Waals surface area contributed by atoms with Crippen LogP contribution in [0.4, 0.5) is 0 Å². The number of pyridine rings is 1. The number of carbonyl (C=O) groups is 1. The zero-order valence-electron chi connectivity index (χ0n) is 9.11. The Hall–Kier alpha value is -1.81. The van der Waals surface area contributed by atoms with Gasteiger partial charge in [-0.25, -0.2) is 4.79 Å². The summed E-state index contributed by atoms with van der Waals surface area (Å²) >= 11 is 6.09. The molecule has 0 saturated carbocycles. The Morgan fingerprint density at radius 1 is 1.53 bits per heavy atom. The molecule has 2 aromatic rings. The summed E-state index contributed by atoms with van der Waals surface area (Å²) in [5.74, 6) is -0.447. The first-order valence-electron chi connectivity index (χ1n) is 5.08. The van der Waals surface area contributed by atoms with Crippen LogP contribution in [-0.2, 0) is 4.74 Å². The van der Waals surface area contributed by atoms with Gasteiger partial charge in [-0.15, -0.1) is 0 Å². The third-order valence-electron chi connectivity index (χ3n) is 2.28. The summed E-state index contributed by atoms with van der Waals surface area (Å²) in [6.45, 7) is 1.99. The first-order chi connectivity index (χ1) is 8.13. The number of nitrogens with zero attached hydrogens (tertiary/aromatic N) is 1. The number of aromatic nitrogens is 1. The Balaban J connectivity index is 2.60. The number of benzene rings is 1. The summed E-state index contributed by atoms with van der Waals surface area (Å²) in [7, 11) is 0. The molecule has 1 aromatic heterocycles. The summed E-state index contributed by atoms with van der Waals surface area (Å²) in [6, 6.07) is 4.61. The van der Waals surface area contributed by atoms with Crippen molar-refractivity contribution in [3.63, 3.8) is 0 Å². The largest absolute Gasteiger partial charge is 0.508 e. The number of esters is 1. The number of phenolic OH excluding ortho intramolecular Hbond substituents is 1. The Labute approximate surface area is 103 Å². The molecule has 0 bridgehead atoms. The van der Waals surface area contributed by atoms with E-state index in [1.165, 1.54) is 18.3 Å². The molecule has 1 heterocycles. The van der Waals surface area contributed by atoms with Crippen molar-refractivity contribution in [1.82, 2.24) is 4.98 Å². The number of fused-ring (bicyclic) bond motifs is 1. The highest BCUT2D eigenvalue weighted by Crippen LogP contribution is 2.28. The molecule has 0 aliphatic rings. The topological polar surface area (TPSA) is 59.4 Å². The van der Waals surface area contributed by atoms with E-state index in [1.54, 1.807) is 13.0 Å². The highest BCUT2D eigenvalue weighted by atomic mass is 35.5. The maximum absolute atomic E-state index is 11.6. The lowest BCUT2D eigenvalue weighted by molar-refractivity contribution is 0.0526. The van der Waals surface area contributed by atoms with Crippen molar-refractivity contribution in [2.45, 2.75) is 6.92 Å². The fourth-order valence-corrected chi connectivity index (χ4v) is 1.78. The van der Waals surface area contributed by atoms with Gasteiger partial charge in [0.2, 0.25) is 0 Å². The molecule has 0 amide bonds. The maximum Gasteiger partial charge on any atom is 0.341 e. The standard InChI is InChI=1S/C12H10ClNO3/c1-2-17-12(16)9-6-14-10-4-3-7(15)5-8(10)11(9)13/h3-6,15H,2H2,1H3. The SMILES string of the molecule is CCOC(=O)c1cnc2ccc(O)cc2c1Cl. The van der Waals surface area contributed by atoms with E-state index in [4.69, 9.17) is 16.3 Å². The second-order valence-electron chi connectivity index (χ2n) is 3.41. The van der Waals surface area contributed by atoms with Gasteiger partial charge in [-0.3, -0.25) is 4.98 Å². The number of rotatable bonds is 2. The van der Waals surface area contributed by atoms with Crippen molar-refractivity contribution < 1.29 is 14.6 Å². The van der Waals surface area contributed by atoms with E-state index >= 15 is 0 Å². The van der Waals surface area contributed by atoms with Gasteiger partial charge in [0.15, 0.2) is 0 Å². The quantitative estimate of drug-likeness (QED) is 0.834. The van der Waals surface area contributed by atoms with Gasteiger partial charge in [-0.2, -0.15) is 0 Å². The van der Waals surface area contributed by atoms with Crippen molar-refractivity contribution in [2.24, 2.45) is 0 Å². The third-order valence-corrected chi connectivity index (χ3v) is 2.69. The molecule has 2 rings (SSSR count). The number of halogens is 1. The molecule has 0 radical (unpaired) electrons. The van der Waals surface area contributed by atoms with Crippen molar-refractivity contribution in [3.8, 4) is 5.75 Å². The molecule has 88 valence electrons. The van der Waals surface area contributed by atoms with E-state index in [0.717, 1.165) is 0 Å². The summed E-state index contributed by atoms with van der Waals surface area (Å²) in [5, 5.41) is 10.2. The minimum Gasteiger partial charge on any atom is -0.508 e. The third kappa shape index (κ3) is 2.17. The molecule has 17 heavy (non-hydrogen) atoms. The first kappa shape index (κ1) is 11.7. The second-order valence-corrected chi connectivity index (χ2v) is 3.79. The van der Waals surface area contributed by atoms with Gasteiger partial charge >= 0.3 is 5.97 Å². The molecular weight excluding hydrogens is 242 g/mol. The van der Waals surface area contributed by atoms with E-state index < -0.39 is 5.97 Å². The molecule has 5 heteroatoms. The van der Waals surface area contributed by atoms with Crippen molar-refractivity contribution >= 4 is 28.5 Å². The van der Waals surface area contributed by atoms with Crippen LogP contribution in [0.15, 0.2) is 24.4 Å². The highest BCUT2D eigenvalue weighted by Gasteiger charge is 2.15. The van der Waals surface area contributed by atoms with Gasteiger partial charge in [-0.05, 0) is 25.1 Å². The number of ether oxygens (including phenoxy) is 1. The summed E-state index contributed by atoms with van der Waals surface area (Å²) in [6.07, 6.45) is 1.37. The maximum atomic E-state index is 11.6. The Morgan fingerprint density at radius 3 is 3.00 bits per heavy atom. The van der Waals surface area contributed by atoms with Gasteiger partial charge in [0, 0.05) is 11.6 Å². The smallest absolute Gasteiger partial charge is 0.341 e. The van der Waals surface area contributed by atoms with Gasteiger partial charge < -0.3 is 9.84 Å². The molecule has 0 spiro atoms. The minimum absolute atomic E-state index is 0.0715. The van der Waals surface area contributed by atoms with Crippen LogP contribution in [0.25, 0.3) is 10.9 Å². The predicted octanol–water partition coefficient (Wildman–Crippen LogP) is 2.77. The van der Waals surface area contributed by atoms with E-state index in [-0.39, 0.29) is 22.9 Å². The molecule has 1 aromatic carbocycles. The van der Waals surface area contributed by atoms with Crippen molar-refractivity contribution in [1.29, 1.82) is 0 Å². The van der Waals surface area contributed by atoms with Crippen LogP contribution >= 0.6 is 11.6 Å². The number of hydrogen-bond acceptors (Lipinski definition) is 4. The normalized spacial score (nSPS) is 10.5. The van der Waals surface area contributed by atoms with Gasteiger partial charge in [0.25, 0.3) is 0 Å². The number of carbonyl (C=O) groups excluding carboxylic acids is 1. The zero-order valence-corrected chi connectivity index (χ0v) is 9.86. The fourth-order valence-electron chi connectivity index (χ4n) is 1.50. The summed E-state index contributed by atoms with van der Waals surface area (Å²) in [4.78, 5) is 15.7. The monoisotopic (exact) mass is 251 g/mol. The van der Waals surface area contributed by atoms with Crippen LogP contribution in [0.2, 0.25) is 5.02 Å². The van der Waals surface area contributed by atoms with Crippen LogP contribution in [0.3, 0.4) is 0 Å². The molecule has 0 saturated heterocycles. The molecule has 0 unspecified atom stereocenters.